The zero-order valence-corrected chi connectivity index (χ0v) is 23.8. The second kappa shape index (κ2) is 10.3. The standard InChI is InChI=1S/C22H18N4O11S4/c1-2-36-19(29)22(9-38-20-23-12-5-3-10(40(30,31)32)7-14(12)25-20)17(16(27)18(28)37-22)39-21-24-13-6-4-11(41(33,34)35)8-15(13)26-21/h3-8,27H,2,9H2,1H3,(H,23,25)(H,24,26)(H,30,31,32)(H,33,34,35). The number of aromatic nitrogens is 4. The first-order valence-corrected chi connectivity index (χ1v) is 16.0. The number of fused-ring (bicyclic) bond motifs is 2. The van der Waals surface area contributed by atoms with Crippen LogP contribution in [0.3, 0.4) is 0 Å². The fraction of sp³-hybridized carbons (Fsp3) is 0.182. The minimum Gasteiger partial charge on any atom is -0.501 e. The summed E-state index contributed by atoms with van der Waals surface area (Å²) in [5.41, 5.74) is -1.06. The lowest BCUT2D eigenvalue weighted by Gasteiger charge is -2.26. The van der Waals surface area contributed by atoms with E-state index >= 15 is 0 Å². The van der Waals surface area contributed by atoms with Gasteiger partial charge in [-0.2, -0.15) is 16.8 Å². The number of hydrogen-bond donors (Lipinski definition) is 5. The van der Waals surface area contributed by atoms with Crippen molar-refractivity contribution in [3.8, 4) is 0 Å². The monoisotopic (exact) mass is 642 g/mol. The molecule has 0 radical (unpaired) electrons. The van der Waals surface area contributed by atoms with Crippen molar-refractivity contribution < 1.29 is 50.1 Å². The molecule has 1 aliphatic rings. The molecule has 41 heavy (non-hydrogen) atoms. The molecule has 0 fully saturated rings. The summed E-state index contributed by atoms with van der Waals surface area (Å²) in [6.07, 6.45) is 0. The zero-order chi connectivity index (χ0) is 29.7. The van der Waals surface area contributed by atoms with Crippen molar-refractivity contribution in [2.24, 2.45) is 0 Å². The third-order valence-electron chi connectivity index (χ3n) is 5.72. The van der Waals surface area contributed by atoms with Crippen LogP contribution in [-0.4, -0.2) is 80.9 Å². The Bertz CT molecular complexity index is 1980. The number of benzene rings is 2. The van der Waals surface area contributed by atoms with E-state index in [0.717, 1.165) is 30.0 Å². The average molecular weight is 643 g/mol. The zero-order valence-electron chi connectivity index (χ0n) is 20.5. The number of aliphatic hydroxyl groups is 1. The number of carbonyl (C=O) groups is 2. The molecular formula is C22H18N4O11S4. The maximum absolute atomic E-state index is 13.2. The predicted molar refractivity (Wildman–Crippen MR) is 144 cm³/mol. The molecule has 4 aromatic rings. The number of carbonyl (C=O) groups excluding carboxylic acids is 2. The number of hydrogen-bond acceptors (Lipinski definition) is 13. The maximum Gasteiger partial charge on any atom is 0.375 e. The van der Waals surface area contributed by atoms with Crippen LogP contribution in [0, 0.1) is 0 Å². The molecule has 2 aromatic carbocycles. The van der Waals surface area contributed by atoms with Crippen LogP contribution in [0.15, 0.2) is 67.2 Å². The van der Waals surface area contributed by atoms with E-state index in [1.165, 1.54) is 25.1 Å². The Kier molecular flexibility index (Phi) is 7.28. The molecular weight excluding hydrogens is 625 g/mol. The van der Waals surface area contributed by atoms with Gasteiger partial charge in [0.15, 0.2) is 10.3 Å². The Hall–Kier alpha value is -3.62. The first-order chi connectivity index (χ1) is 19.2. The molecule has 1 atom stereocenters. The lowest BCUT2D eigenvalue weighted by atomic mass is 10.1. The van der Waals surface area contributed by atoms with Gasteiger partial charge in [-0.1, -0.05) is 11.8 Å². The summed E-state index contributed by atoms with van der Waals surface area (Å²) >= 11 is 1.57. The van der Waals surface area contributed by atoms with E-state index in [1.807, 2.05) is 0 Å². The predicted octanol–water partition coefficient (Wildman–Crippen LogP) is 2.45. The molecule has 0 bridgehead atoms. The molecule has 0 saturated heterocycles. The average Bonchev–Trinajstić information content (AvgIpc) is 3.56. The van der Waals surface area contributed by atoms with Crippen LogP contribution in [-0.2, 0) is 39.3 Å². The first-order valence-electron chi connectivity index (χ1n) is 11.3. The van der Waals surface area contributed by atoms with Gasteiger partial charge in [-0.05, 0) is 55.1 Å². The smallest absolute Gasteiger partial charge is 0.375 e. The van der Waals surface area contributed by atoms with Gasteiger partial charge in [-0.25, -0.2) is 19.6 Å². The number of imidazole rings is 2. The van der Waals surface area contributed by atoms with Gasteiger partial charge in [0.2, 0.25) is 5.76 Å². The topological polar surface area (TPSA) is 239 Å². The van der Waals surface area contributed by atoms with Gasteiger partial charge in [0.25, 0.3) is 25.8 Å². The Morgan fingerprint density at radius 3 is 2.05 bits per heavy atom. The highest BCUT2D eigenvalue weighted by Crippen LogP contribution is 2.46. The van der Waals surface area contributed by atoms with E-state index in [-0.39, 0.29) is 49.0 Å². The highest BCUT2D eigenvalue weighted by molar-refractivity contribution is 8.03. The van der Waals surface area contributed by atoms with E-state index in [2.05, 4.69) is 19.9 Å². The molecule has 15 nitrogen and oxygen atoms in total. The largest absolute Gasteiger partial charge is 0.501 e. The number of aliphatic hydroxyl groups excluding tert-OH is 1. The molecule has 0 amide bonds. The summed E-state index contributed by atoms with van der Waals surface area (Å²) in [6, 6.07) is 7.28. The highest BCUT2D eigenvalue weighted by atomic mass is 32.2. The number of cyclic esters (lactones) is 1. The van der Waals surface area contributed by atoms with E-state index in [4.69, 9.17) is 9.47 Å². The Labute approximate surface area is 239 Å². The van der Waals surface area contributed by atoms with Crippen molar-refractivity contribution in [1.82, 2.24) is 19.9 Å². The van der Waals surface area contributed by atoms with E-state index in [0.29, 0.717) is 17.3 Å². The van der Waals surface area contributed by atoms with Gasteiger partial charge in [0.05, 0.1) is 49.1 Å². The van der Waals surface area contributed by atoms with E-state index in [1.54, 1.807) is 0 Å². The number of H-pyrrole nitrogens is 2. The second-order valence-electron chi connectivity index (χ2n) is 8.40. The number of nitrogens with zero attached hydrogens (tertiary/aromatic N) is 2. The van der Waals surface area contributed by atoms with Gasteiger partial charge < -0.3 is 24.5 Å². The van der Waals surface area contributed by atoms with Gasteiger partial charge >= 0.3 is 11.9 Å². The molecule has 0 saturated carbocycles. The molecule has 0 spiro atoms. The van der Waals surface area contributed by atoms with Crippen LogP contribution in [0.1, 0.15) is 6.92 Å². The van der Waals surface area contributed by atoms with Crippen LogP contribution in [0.4, 0.5) is 0 Å². The molecule has 5 N–H and O–H groups in total. The van der Waals surface area contributed by atoms with Gasteiger partial charge in [-0.15, -0.1) is 0 Å². The van der Waals surface area contributed by atoms with Gasteiger partial charge in [0.1, 0.15) is 0 Å². The van der Waals surface area contributed by atoms with Gasteiger partial charge in [0, 0.05) is 0 Å². The molecule has 1 aliphatic heterocycles. The number of rotatable bonds is 9. The molecule has 5 rings (SSSR count). The number of ether oxygens (including phenoxy) is 2. The maximum atomic E-state index is 13.2. The number of thioether (sulfide) groups is 2. The SMILES string of the molecule is CCOC(=O)C1(CSc2nc3ccc(S(=O)(=O)O)cc3[nH]2)OC(=O)C(O)=C1Sc1nc2ccc(S(=O)(=O)O)cc2[nH]1. The van der Waals surface area contributed by atoms with Crippen LogP contribution in [0.25, 0.3) is 22.1 Å². The van der Waals surface area contributed by atoms with Crippen molar-refractivity contribution in [3.05, 3.63) is 47.1 Å². The molecule has 1 unspecified atom stereocenters. The number of esters is 2. The second-order valence-corrected chi connectivity index (χ2v) is 13.2. The van der Waals surface area contributed by atoms with Crippen molar-refractivity contribution in [2.45, 2.75) is 32.6 Å². The fourth-order valence-electron chi connectivity index (χ4n) is 3.84. The molecule has 3 heterocycles. The molecule has 216 valence electrons. The lowest BCUT2D eigenvalue weighted by molar-refractivity contribution is -0.169. The van der Waals surface area contributed by atoms with Crippen molar-refractivity contribution in [2.75, 3.05) is 12.4 Å². The summed E-state index contributed by atoms with van der Waals surface area (Å²) < 4.78 is 75.1. The summed E-state index contributed by atoms with van der Waals surface area (Å²) in [7, 11) is -8.96. The summed E-state index contributed by atoms with van der Waals surface area (Å²) in [5.74, 6) is -3.41. The Morgan fingerprint density at radius 2 is 1.51 bits per heavy atom. The Morgan fingerprint density at radius 1 is 0.976 bits per heavy atom. The third kappa shape index (κ3) is 5.51. The van der Waals surface area contributed by atoms with Crippen LogP contribution in [0.5, 0.6) is 0 Å². The molecule has 0 aliphatic carbocycles. The quantitative estimate of drug-likeness (QED) is 0.100. The van der Waals surface area contributed by atoms with Crippen molar-refractivity contribution in [3.63, 3.8) is 0 Å². The normalized spacial score (nSPS) is 17.9. The molecule has 19 heteroatoms. The van der Waals surface area contributed by atoms with E-state index < -0.39 is 48.4 Å². The van der Waals surface area contributed by atoms with Crippen LogP contribution in [0.2, 0.25) is 0 Å². The molecule has 2 aromatic heterocycles. The minimum atomic E-state index is -4.50. The van der Waals surface area contributed by atoms with Crippen molar-refractivity contribution >= 4 is 77.8 Å². The fourth-order valence-corrected chi connectivity index (χ4v) is 6.99. The highest BCUT2D eigenvalue weighted by Gasteiger charge is 2.56. The summed E-state index contributed by atoms with van der Waals surface area (Å²) in [5, 5.41) is 10.9. The number of aromatic amines is 2. The Balaban J connectivity index is 1.49. The van der Waals surface area contributed by atoms with Gasteiger partial charge in [-0.3, -0.25) is 9.11 Å². The summed E-state index contributed by atoms with van der Waals surface area (Å²) in [6.45, 7) is 1.44. The van der Waals surface area contributed by atoms with Crippen LogP contribution >= 0.6 is 23.5 Å². The van der Waals surface area contributed by atoms with E-state index in [9.17, 15) is 40.6 Å². The van der Waals surface area contributed by atoms with Crippen LogP contribution < -0.4 is 0 Å². The minimum absolute atomic E-state index is 0.0486. The first kappa shape index (κ1) is 28.9. The van der Waals surface area contributed by atoms with Crippen molar-refractivity contribution in [1.29, 1.82) is 0 Å². The summed E-state index contributed by atoms with van der Waals surface area (Å²) in [4.78, 5) is 39.0. The lowest BCUT2D eigenvalue weighted by Crippen LogP contribution is -2.44. The third-order valence-corrected chi connectivity index (χ3v) is 9.55. The number of nitrogens with one attached hydrogen (secondary N) is 2.